The van der Waals surface area contributed by atoms with Crippen LogP contribution in [0.25, 0.3) is 22.3 Å². The van der Waals surface area contributed by atoms with E-state index in [0.717, 1.165) is 42.4 Å². The Morgan fingerprint density at radius 1 is 1.18 bits per heavy atom. The molecule has 33 heavy (non-hydrogen) atoms. The zero-order valence-corrected chi connectivity index (χ0v) is 18.9. The summed E-state index contributed by atoms with van der Waals surface area (Å²) in [5, 5.41) is 8.99. The first-order valence-corrected chi connectivity index (χ1v) is 10.9. The van der Waals surface area contributed by atoms with Gasteiger partial charge in [-0.25, -0.2) is 4.98 Å². The second-order valence-electron chi connectivity index (χ2n) is 8.20. The van der Waals surface area contributed by atoms with Gasteiger partial charge in [-0.15, -0.1) is 10.2 Å². The fraction of sp³-hybridized carbons (Fsp3) is 0.292. The Bertz CT molecular complexity index is 1400. The number of anilines is 1. The minimum atomic E-state index is -0.128. The van der Waals surface area contributed by atoms with Gasteiger partial charge in [-0.3, -0.25) is 14.2 Å². The van der Waals surface area contributed by atoms with Crippen molar-refractivity contribution < 1.29 is 9.53 Å². The first-order valence-electron chi connectivity index (χ1n) is 10.9. The first kappa shape index (κ1) is 20.9. The Morgan fingerprint density at radius 3 is 2.61 bits per heavy atom. The number of ether oxygens (including phenoxy) is 1. The molecule has 4 aromatic rings. The number of rotatable bonds is 6. The van der Waals surface area contributed by atoms with Gasteiger partial charge in [0, 0.05) is 47.9 Å². The fourth-order valence-corrected chi connectivity index (χ4v) is 4.27. The van der Waals surface area contributed by atoms with Crippen LogP contribution < -0.4 is 15.4 Å². The summed E-state index contributed by atoms with van der Waals surface area (Å²) in [5.74, 6) is 1.94. The topological polar surface area (TPSA) is 112 Å². The number of benzene rings is 1. The number of aromatic nitrogens is 5. The number of fused-ring (bicyclic) bond motifs is 3. The molecule has 5 rings (SSSR count). The lowest BCUT2D eigenvalue weighted by Gasteiger charge is -2.32. The minimum absolute atomic E-state index is 0.128. The second-order valence-corrected chi connectivity index (χ2v) is 8.20. The molecule has 2 N–H and O–H groups in total. The van der Waals surface area contributed by atoms with Crippen molar-refractivity contribution in [2.24, 2.45) is 5.73 Å². The van der Waals surface area contributed by atoms with Gasteiger partial charge < -0.3 is 15.4 Å². The third-order valence-electron chi connectivity index (χ3n) is 5.93. The maximum absolute atomic E-state index is 12.4. The van der Waals surface area contributed by atoms with E-state index in [2.05, 4.69) is 20.1 Å². The van der Waals surface area contributed by atoms with E-state index in [0.29, 0.717) is 40.2 Å². The van der Waals surface area contributed by atoms with Crippen LogP contribution in [0, 0.1) is 0 Å². The van der Waals surface area contributed by atoms with E-state index in [9.17, 15) is 4.79 Å². The number of Topliss-reactive ketones (excluding diaryl/α,β-unsaturated/α-hetero) is 1. The van der Waals surface area contributed by atoms with Gasteiger partial charge in [-0.1, -0.05) is 6.07 Å². The molecule has 1 saturated heterocycles. The smallest absolute Gasteiger partial charge is 0.204 e. The highest BCUT2D eigenvalue weighted by Gasteiger charge is 2.25. The van der Waals surface area contributed by atoms with Crippen molar-refractivity contribution in [3.8, 4) is 5.75 Å². The van der Waals surface area contributed by atoms with Gasteiger partial charge in [0.2, 0.25) is 5.65 Å². The Hall–Kier alpha value is -4.01. The molecule has 1 aliphatic rings. The summed E-state index contributed by atoms with van der Waals surface area (Å²) in [5.41, 5.74) is 10.7. The van der Waals surface area contributed by atoms with Crippen LogP contribution in [-0.2, 0) is 11.2 Å². The molecule has 4 heterocycles. The van der Waals surface area contributed by atoms with Gasteiger partial charge in [-0.05, 0) is 38.5 Å². The van der Waals surface area contributed by atoms with E-state index in [-0.39, 0.29) is 5.78 Å². The number of ketones is 1. The van der Waals surface area contributed by atoms with E-state index < -0.39 is 0 Å². The van der Waals surface area contributed by atoms with Crippen molar-refractivity contribution in [1.29, 1.82) is 0 Å². The highest BCUT2D eigenvalue weighted by atomic mass is 16.5. The van der Waals surface area contributed by atoms with Gasteiger partial charge >= 0.3 is 0 Å². The third-order valence-corrected chi connectivity index (χ3v) is 5.93. The molecule has 0 radical (unpaired) electrons. The highest BCUT2D eigenvalue weighted by Crippen LogP contribution is 2.35. The molecule has 3 aromatic heterocycles. The molecular weight excluding hydrogens is 418 g/mol. The van der Waals surface area contributed by atoms with E-state index in [1.807, 2.05) is 34.7 Å². The maximum Gasteiger partial charge on any atom is 0.204 e. The standard InChI is InChI=1S/C24H25N7O2/c1-14(25)22(15(2)32)17-12-18-19(13-20(17)33-3)31-21(11-16-7-4-5-8-26-16)28-29-24(31)23(27-18)30-9-6-10-30/h4-5,7-8,12-13H,6,9-11,25H2,1-3H3. The molecule has 0 unspecified atom stereocenters. The van der Waals surface area contributed by atoms with Crippen molar-refractivity contribution in [3.63, 3.8) is 0 Å². The summed E-state index contributed by atoms with van der Waals surface area (Å²) in [7, 11) is 1.58. The first-order chi connectivity index (χ1) is 16.0. The molecule has 168 valence electrons. The lowest BCUT2D eigenvalue weighted by atomic mass is 9.98. The van der Waals surface area contributed by atoms with Crippen LogP contribution in [0.3, 0.4) is 0 Å². The Balaban J connectivity index is 1.80. The summed E-state index contributed by atoms with van der Waals surface area (Å²) in [6.45, 7) is 5.05. The summed E-state index contributed by atoms with van der Waals surface area (Å²) in [6, 6.07) is 9.55. The van der Waals surface area contributed by atoms with Crippen LogP contribution in [0.1, 0.15) is 37.4 Å². The molecule has 0 spiro atoms. The van der Waals surface area contributed by atoms with Crippen molar-refractivity contribution in [2.75, 3.05) is 25.1 Å². The second kappa shape index (κ2) is 8.16. The summed E-state index contributed by atoms with van der Waals surface area (Å²) in [4.78, 5) is 24.0. The number of carbonyl (C=O) groups is 1. The van der Waals surface area contributed by atoms with Crippen molar-refractivity contribution >= 4 is 33.9 Å². The number of methoxy groups -OCH3 is 1. The summed E-state index contributed by atoms with van der Waals surface area (Å²) >= 11 is 0. The summed E-state index contributed by atoms with van der Waals surface area (Å²) in [6.07, 6.45) is 3.40. The normalized spacial score (nSPS) is 14.3. The van der Waals surface area contributed by atoms with Gasteiger partial charge in [-0.2, -0.15) is 0 Å². The molecule has 1 aromatic carbocycles. The number of hydrogen-bond donors (Lipinski definition) is 1. The highest BCUT2D eigenvalue weighted by molar-refractivity contribution is 6.21. The molecule has 9 heteroatoms. The molecule has 1 fully saturated rings. The number of hydrogen-bond acceptors (Lipinski definition) is 8. The zero-order valence-electron chi connectivity index (χ0n) is 18.9. The maximum atomic E-state index is 12.4. The predicted octanol–water partition coefficient (Wildman–Crippen LogP) is 2.76. The van der Waals surface area contributed by atoms with Crippen molar-refractivity contribution in [3.05, 3.63) is 59.3 Å². The lowest BCUT2D eigenvalue weighted by Crippen LogP contribution is -2.38. The molecule has 0 aliphatic carbocycles. The van der Waals surface area contributed by atoms with Crippen LogP contribution in [0.15, 0.2) is 42.2 Å². The van der Waals surface area contributed by atoms with Crippen LogP contribution >= 0.6 is 0 Å². The molecule has 0 atom stereocenters. The Morgan fingerprint density at radius 2 is 2.00 bits per heavy atom. The van der Waals surface area contributed by atoms with Gasteiger partial charge in [0.05, 0.1) is 24.6 Å². The average Bonchev–Trinajstić information content (AvgIpc) is 3.16. The molecule has 1 aliphatic heterocycles. The SMILES string of the molecule is COc1cc2c(cc1C(C(C)=O)=C(C)N)nc(N1CCC1)c1nnc(Cc3ccccn3)n12. The van der Waals surface area contributed by atoms with E-state index in [4.69, 9.17) is 15.5 Å². The van der Waals surface area contributed by atoms with Gasteiger partial charge in [0.15, 0.2) is 11.6 Å². The zero-order chi connectivity index (χ0) is 23.1. The van der Waals surface area contributed by atoms with Crippen LogP contribution in [-0.4, -0.2) is 50.5 Å². The molecular formula is C24H25N7O2. The van der Waals surface area contributed by atoms with Gasteiger partial charge in [0.25, 0.3) is 0 Å². The fourth-order valence-electron chi connectivity index (χ4n) is 4.27. The number of pyridine rings is 1. The van der Waals surface area contributed by atoms with Gasteiger partial charge in [0.1, 0.15) is 11.6 Å². The quantitative estimate of drug-likeness (QED) is 0.453. The molecule has 0 amide bonds. The molecule has 0 saturated carbocycles. The molecule has 9 nitrogen and oxygen atoms in total. The largest absolute Gasteiger partial charge is 0.496 e. The lowest BCUT2D eigenvalue weighted by molar-refractivity contribution is -0.111. The number of carbonyl (C=O) groups excluding carboxylic acids is 1. The van der Waals surface area contributed by atoms with Crippen molar-refractivity contribution in [1.82, 2.24) is 24.6 Å². The average molecular weight is 444 g/mol. The minimum Gasteiger partial charge on any atom is -0.496 e. The van der Waals surface area contributed by atoms with Crippen LogP contribution in [0.4, 0.5) is 5.82 Å². The van der Waals surface area contributed by atoms with Crippen LogP contribution in [0.2, 0.25) is 0 Å². The third kappa shape index (κ3) is 3.55. The monoisotopic (exact) mass is 443 g/mol. The Kier molecular flexibility index (Phi) is 5.16. The number of allylic oxidation sites excluding steroid dienone is 2. The number of nitrogens with zero attached hydrogens (tertiary/aromatic N) is 6. The number of nitrogens with two attached hydrogens (primary N) is 1. The van der Waals surface area contributed by atoms with E-state index >= 15 is 0 Å². The molecule has 0 bridgehead atoms. The van der Waals surface area contributed by atoms with Crippen LogP contribution in [0.5, 0.6) is 5.75 Å². The predicted molar refractivity (Wildman–Crippen MR) is 126 cm³/mol. The van der Waals surface area contributed by atoms with E-state index in [1.165, 1.54) is 6.92 Å². The van der Waals surface area contributed by atoms with E-state index in [1.54, 1.807) is 20.2 Å². The summed E-state index contributed by atoms with van der Waals surface area (Å²) < 4.78 is 7.70. The Labute approximate surface area is 190 Å². The van der Waals surface area contributed by atoms with Crippen molar-refractivity contribution in [2.45, 2.75) is 26.7 Å².